The van der Waals surface area contributed by atoms with Gasteiger partial charge in [0.2, 0.25) is 17.7 Å². The summed E-state index contributed by atoms with van der Waals surface area (Å²) in [6, 6.07) is 15.1. The van der Waals surface area contributed by atoms with Crippen LogP contribution in [-0.4, -0.2) is 93.0 Å². The van der Waals surface area contributed by atoms with Crippen molar-refractivity contribution in [2.75, 3.05) is 53.5 Å². The molecule has 48 heavy (non-hydrogen) atoms. The molecule has 1 heterocycles. The van der Waals surface area contributed by atoms with Crippen LogP contribution in [0.2, 0.25) is 0 Å². The average Bonchev–Trinajstić information content (AvgIpc) is 3.05. The maximum absolute atomic E-state index is 13.9. The number of nitrogens with one attached hydrogen (secondary N) is 2. The second-order valence-corrected chi connectivity index (χ2v) is 12.1. The van der Waals surface area contributed by atoms with Crippen molar-refractivity contribution in [1.29, 1.82) is 0 Å². The summed E-state index contributed by atoms with van der Waals surface area (Å²) in [6.45, 7) is 6.21. The van der Waals surface area contributed by atoms with Crippen LogP contribution in [0.1, 0.15) is 45.6 Å². The van der Waals surface area contributed by atoms with Gasteiger partial charge in [-0.1, -0.05) is 29.8 Å². The lowest BCUT2D eigenvalue weighted by Crippen LogP contribution is -2.48. The summed E-state index contributed by atoms with van der Waals surface area (Å²) in [6.07, 6.45) is 0.525. The Kier molecular flexibility index (Phi) is 12.2. The van der Waals surface area contributed by atoms with Gasteiger partial charge in [0.15, 0.2) is 0 Å². The van der Waals surface area contributed by atoms with Crippen LogP contribution >= 0.6 is 0 Å². The number of nitrogens with zero attached hydrogens (tertiary/aromatic N) is 2. The predicted molar refractivity (Wildman–Crippen MR) is 184 cm³/mol. The smallest absolute Gasteiger partial charge is 0.254 e. The van der Waals surface area contributed by atoms with Gasteiger partial charge in [-0.15, -0.1) is 0 Å². The molecule has 2 atom stereocenters. The van der Waals surface area contributed by atoms with Crippen LogP contribution in [-0.2, 0) is 20.8 Å². The maximum Gasteiger partial charge on any atom is 0.254 e. The molecule has 3 aromatic rings. The Balaban J connectivity index is 1.78. The molecule has 0 saturated carbocycles. The zero-order valence-corrected chi connectivity index (χ0v) is 28.3. The van der Waals surface area contributed by atoms with Crippen molar-refractivity contribution in [3.05, 3.63) is 82.4 Å². The fourth-order valence-corrected chi connectivity index (χ4v) is 5.77. The van der Waals surface area contributed by atoms with Crippen LogP contribution in [0.15, 0.2) is 54.6 Å². The van der Waals surface area contributed by atoms with E-state index < -0.39 is 17.9 Å². The van der Waals surface area contributed by atoms with E-state index in [1.807, 2.05) is 51.1 Å². The number of likely N-dealkylation sites (N-methyl/N-ethyl adjacent to an activating group) is 2. The van der Waals surface area contributed by atoms with E-state index in [0.29, 0.717) is 46.7 Å². The molecule has 0 saturated heterocycles. The quantitative estimate of drug-likeness (QED) is 0.257. The molecule has 3 aromatic carbocycles. The Morgan fingerprint density at radius 1 is 0.896 bits per heavy atom. The Labute approximate surface area is 281 Å². The molecule has 2 unspecified atom stereocenters. The Bertz CT molecular complexity index is 1660. The van der Waals surface area contributed by atoms with Gasteiger partial charge in [0.1, 0.15) is 30.8 Å². The summed E-state index contributed by atoms with van der Waals surface area (Å²) in [4.78, 5) is 56.4. The monoisotopic (exact) mass is 658 g/mol. The van der Waals surface area contributed by atoms with Crippen LogP contribution in [0, 0.1) is 13.8 Å². The number of carbonyl (C=O) groups is 4. The van der Waals surface area contributed by atoms with Gasteiger partial charge in [0.25, 0.3) is 5.91 Å². The summed E-state index contributed by atoms with van der Waals surface area (Å²) in [5.41, 5.74) is 16.6. The average molecular weight is 659 g/mol. The van der Waals surface area contributed by atoms with E-state index in [1.165, 1.54) is 16.8 Å². The molecule has 4 bridgehead atoms. The van der Waals surface area contributed by atoms with Gasteiger partial charge in [-0.25, -0.2) is 0 Å². The highest BCUT2D eigenvalue weighted by molar-refractivity contribution is 5.98. The fraction of sp³-hybridized carbons (Fsp3) is 0.389. The van der Waals surface area contributed by atoms with Crippen molar-refractivity contribution in [3.63, 3.8) is 0 Å². The van der Waals surface area contributed by atoms with Crippen molar-refractivity contribution >= 4 is 23.6 Å². The minimum atomic E-state index is -1.16. The van der Waals surface area contributed by atoms with E-state index in [9.17, 15) is 19.2 Å². The van der Waals surface area contributed by atoms with Crippen molar-refractivity contribution in [2.45, 2.75) is 39.3 Å². The molecular formula is C36H46N6O6. The topological polar surface area (TPSA) is 169 Å². The number of aryl methyl sites for hydroxylation is 2. The second kappa shape index (κ2) is 16.2. The number of hydrogen-bond acceptors (Lipinski definition) is 8. The van der Waals surface area contributed by atoms with Crippen molar-refractivity contribution in [1.82, 2.24) is 20.4 Å². The molecule has 0 aliphatic carbocycles. The summed E-state index contributed by atoms with van der Waals surface area (Å²) in [7, 11) is 3.05. The van der Waals surface area contributed by atoms with Crippen molar-refractivity contribution in [3.8, 4) is 22.6 Å². The number of amides is 4. The lowest BCUT2D eigenvalue weighted by molar-refractivity contribution is -0.140. The molecule has 0 aromatic heterocycles. The van der Waals surface area contributed by atoms with E-state index in [0.717, 1.165) is 16.7 Å². The maximum atomic E-state index is 13.9. The van der Waals surface area contributed by atoms with Gasteiger partial charge in [0.05, 0.1) is 13.1 Å². The summed E-state index contributed by atoms with van der Waals surface area (Å²) in [5.74, 6) is -0.658. The fourth-order valence-electron chi connectivity index (χ4n) is 5.77. The predicted octanol–water partition coefficient (Wildman–Crippen LogP) is 2.09. The van der Waals surface area contributed by atoms with Gasteiger partial charge < -0.3 is 41.4 Å². The highest BCUT2D eigenvalue weighted by atomic mass is 16.5. The Morgan fingerprint density at radius 3 is 2.19 bits per heavy atom. The highest BCUT2D eigenvalue weighted by Crippen LogP contribution is 2.40. The normalized spacial score (nSPS) is 16.2. The lowest BCUT2D eigenvalue weighted by atomic mass is 9.94. The van der Waals surface area contributed by atoms with Crippen molar-refractivity contribution < 1.29 is 28.7 Å². The van der Waals surface area contributed by atoms with Gasteiger partial charge in [-0.2, -0.15) is 0 Å². The third-order valence-corrected chi connectivity index (χ3v) is 8.14. The van der Waals surface area contributed by atoms with Crippen molar-refractivity contribution in [2.24, 2.45) is 11.5 Å². The highest BCUT2D eigenvalue weighted by Gasteiger charge is 2.32. The molecule has 12 nitrogen and oxygen atoms in total. The first-order valence-corrected chi connectivity index (χ1v) is 16.0. The van der Waals surface area contributed by atoms with Gasteiger partial charge >= 0.3 is 0 Å². The largest absolute Gasteiger partial charge is 0.492 e. The van der Waals surface area contributed by atoms with E-state index in [1.54, 1.807) is 31.3 Å². The third kappa shape index (κ3) is 8.69. The first kappa shape index (κ1) is 35.9. The molecule has 256 valence electrons. The molecule has 1 aliphatic rings. The number of fused-ring (bicyclic) bond motifs is 5. The molecule has 0 fully saturated rings. The van der Waals surface area contributed by atoms with Crippen LogP contribution in [0.4, 0.5) is 0 Å². The third-order valence-electron chi connectivity index (χ3n) is 8.14. The zero-order valence-electron chi connectivity index (χ0n) is 28.3. The zero-order chi connectivity index (χ0) is 35.0. The molecule has 1 aliphatic heterocycles. The molecule has 0 spiro atoms. The van der Waals surface area contributed by atoms with Crippen LogP contribution in [0.5, 0.6) is 11.5 Å². The molecule has 4 rings (SSSR count). The SMILES string of the molecule is Cc1ccc(C(=O)N(C)CC(=O)N(C)C2C(=O)NCC(=O)NC(C)Cc3ccc(OCCN)c(c3)-c3cc2ccc3OCCN)c(C)c1. The Morgan fingerprint density at radius 2 is 1.54 bits per heavy atom. The molecule has 0 radical (unpaired) electrons. The van der Waals surface area contributed by atoms with Crippen LogP contribution in [0.25, 0.3) is 11.1 Å². The minimum absolute atomic E-state index is 0.245. The number of rotatable bonds is 10. The number of carbonyl (C=O) groups excluding carboxylic acids is 4. The van der Waals surface area contributed by atoms with E-state index in [-0.39, 0.29) is 50.7 Å². The van der Waals surface area contributed by atoms with Crippen LogP contribution in [0.3, 0.4) is 0 Å². The van der Waals surface area contributed by atoms with Gasteiger partial charge in [-0.05, 0) is 74.2 Å². The summed E-state index contributed by atoms with van der Waals surface area (Å²) < 4.78 is 12.1. The van der Waals surface area contributed by atoms with Gasteiger partial charge in [-0.3, -0.25) is 19.2 Å². The van der Waals surface area contributed by atoms with Gasteiger partial charge in [0, 0.05) is 49.9 Å². The first-order chi connectivity index (χ1) is 22.9. The standard InChI is InChI=1S/C36H46N6O6/c1-22-6-9-27(23(2)16-22)36(46)41(4)21-33(44)42(5)34-26-8-11-31(48-15-13-38)29(19-26)28-18-25(7-10-30(28)47-14-12-37)17-24(3)40-32(43)20-39-35(34)45/h6-11,16,18-19,24,34H,12-15,17,20-21,37-38H2,1-5H3,(H,39,45)(H,40,43). The number of hydrogen-bond donors (Lipinski definition) is 4. The molecule has 6 N–H and O–H groups in total. The van der Waals surface area contributed by atoms with E-state index >= 15 is 0 Å². The van der Waals surface area contributed by atoms with E-state index in [2.05, 4.69) is 10.6 Å². The summed E-state index contributed by atoms with van der Waals surface area (Å²) in [5, 5.41) is 5.62. The number of nitrogens with two attached hydrogens (primary N) is 2. The summed E-state index contributed by atoms with van der Waals surface area (Å²) >= 11 is 0. The second-order valence-electron chi connectivity index (χ2n) is 12.1. The molecule has 4 amide bonds. The number of benzene rings is 3. The minimum Gasteiger partial charge on any atom is -0.492 e. The van der Waals surface area contributed by atoms with E-state index in [4.69, 9.17) is 20.9 Å². The molecule has 12 heteroatoms. The lowest BCUT2D eigenvalue weighted by Gasteiger charge is -2.30. The molecular weight excluding hydrogens is 612 g/mol. The Hall–Kier alpha value is -4.94. The number of ether oxygens (including phenoxy) is 2. The van der Waals surface area contributed by atoms with Crippen LogP contribution < -0.4 is 31.6 Å². The first-order valence-electron chi connectivity index (χ1n) is 16.0.